The molecule has 2 nitrogen and oxygen atoms in total. The summed E-state index contributed by atoms with van der Waals surface area (Å²) in [4.78, 5) is 0. The predicted octanol–water partition coefficient (Wildman–Crippen LogP) is 4.01. The molecule has 0 saturated heterocycles. The van der Waals surface area contributed by atoms with Gasteiger partial charge in [0.2, 0.25) is 0 Å². The van der Waals surface area contributed by atoms with Crippen LogP contribution in [0.4, 0.5) is 0 Å². The van der Waals surface area contributed by atoms with Gasteiger partial charge in [0.15, 0.2) is 0 Å². The Morgan fingerprint density at radius 2 is 2.00 bits per heavy atom. The minimum absolute atomic E-state index is 0.594. The van der Waals surface area contributed by atoms with Crippen molar-refractivity contribution in [2.45, 2.75) is 20.3 Å². The molecule has 1 N–H and O–H groups in total. The molecule has 0 aliphatic carbocycles. The van der Waals surface area contributed by atoms with Gasteiger partial charge in [0.05, 0.1) is 5.02 Å². The van der Waals surface area contributed by atoms with Gasteiger partial charge in [-0.25, -0.2) is 0 Å². The molecule has 1 rings (SSSR count). The first-order chi connectivity index (χ1) is 8.09. The van der Waals surface area contributed by atoms with Crippen LogP contribution >= 0.6 is 23.2 Å². The van der Waals surface area contributed by atoms with Crippen molar-refractivity contribution in [1.82, 2.24) is 5.32 Å². The van der Waals surface area contributed by atoms with Crippen LogP contribution in [0.15, 0.2) is 18.2 Å². The van der Waals surface area contributed by atoms with Gasteiger partial charge in [0, 0.05) is 17.6 Å². The summed E-state index contributed by atoms with van der Waals surface area (Å²) in [6.07, 6.45) is 1.18. The van der Waals surface area contributed by atoms with E-state index < -0.39 is 0 Å². The van der Waals surface area contributed by atoms with Gasteiger partial charge in [-0.15, -0.1) is 0 Å². The van der Waals surface area contributed by atoms with E-state index in [1.165, 1.54) is 6.42 Å². The lowest BCUT2D eigenvalue weighted by Crippen LogP contribution is -2.23. The normalized spacial score (nSPS) is 10.9. The molecule has 0 fully saturated rings. The molecule has 0 aliphatic heterocycles. The van der Waals surface area contributed by atoms with Crippen LogP contribution in [0.2, 0.25) is 10.0 Å². The summed E-state index contributed by atoms with van der Waals surface area (Å²) in [6, 6.07) is 5.22. The Hall–Kier alpha value is -0.440. The van der Waals surface area contributed by atoms with Crippen molar-refractivity contribution in [3.8, 4) is 5.75 Å². The van der Waals surface area contributed by atoms with Crippen LogP contribution in [0.1, 0.15) is 20.3 Å². The highest BCUT2D eigenvalue weighted by molar-refractivity contribution is 6.34. The third kappa shape index (κ3) is 6.16. The van der Waals surface area contributed by atoms with Gasteiger partial charge in [-0.2, -0.15) is 0 Å². The average Bonchev–Trinajstić information content (AvgIpc) is 2.27. The zero-order chi connectivity index (χ0) is 12.7. The fourth-order valence-electron chi connectivity index (χ4n) is 1.34. The monoisotopic (exact) mass is 275 g/mol. The lowest BCUT2D eigenvalue weighted by atomic mass is 10.1. The summed E-state index contributed by atoms with van der Waals surface area (Å²) in [7, 11) is 0. The Bertz CT molecular complexity index is 342. The lowest BCUT2D eigenvalue weighted by Gasteiger charge is -2.10. The molecule has 0 aliphatic rings. The van der Waals surface area contributed by atoms with Gasteiger partial charge in [0.1, 0.15) is 12.4 Å². The molecule has 4 heteroatoms. The summed E-state index contributed by atoms with van der Waals surface area (Å²) in [6.45, 7) is 6.85. The number of nitrogens with one attached hydrogen (secondary N) is 1. The first-order valence-corrected chi connectivity index (χ1v) is 6.63. The van der Waals surface area contributed by atoms with Crippen molar-refractivity contribution in [1.29, 1.82) is 0 Å². The number of halogens is 2. The van der Waals surface area contributed by atoms with E-state index in [1.54, 1.807) is 18.2 Å². The number of benzene rings is 1. The molecule has 1 aromatic carbocycles. The first-order valence-electron chi connectivity index (χ1n) is 5.88. The molecule has 0 saturated carbocycles. The topological polar surface area (TPSA) is 21.3 Å². The summed E-state index contributed by atoms with van der Waals surface area (Å²) < 4.78 is 5.55. The van der Waals surface area contributed by atoms with Gasteiger partial charge >= 0.3 is 0 Å². The van der Waals surface area contributed by atoms with E-state index in [-0.39, 0.29) is 0 Å². The second-order valence-electron chi connectivity index (χ2n) is 4.36. The molecule has 0 aromatic heterocycles. The van der Waals surface area contributed by atoms with Crippen LogP contribution < -0.4 is 10.1 Å². The third-order valence-corrected chi connectivity index (χ3v) is 2.88. The molecule has 0 bridgehead atoms. The van der Waals surface area contributed by atoms with Gasteiger partial charge in [0.25, 0.3) is 0 Å². The fraction of sp³-hybridized carbons (Fsp3) is 0.538. The molecule has 0 atom stereocenters. The van der Waals surface area contributed by atoms with Crippen molar-refractivity contribution in [3.63, 3.8) is 0 Å². The third-order valence-electron chi connectivity index (χ3n) is 2.33. The van der Waals surface area contributed by atoms with E-state index in [0.29, 0.717) is 22.4 Å². The number of rotatable bonds is 7. The minimum atomic E-state index is 0.594. The van der Waals surface area contributed by atoms with Crippen LogP contribution in [-0.4, -0.2) is 19.7 Å². The van der Waals surface area contributed by atoms with Crippen molar-refractivity contribution < 1.29 is 4.74 Å². The Morgan fingerprint density at radius 1 is 1.24 bits per heavy atom. The van der Waals surface area contributed by atoms with E-state index in [1.807, 2.05) is 0 Å². The van der Waals surface area contributed by atoms with Crippen LogP contribution in [0.25, 0.3) is 0 Å². The summed E-state index contributed by atoms with van der Waals surface area (Å²) >= 11 is 11.8. The van der Waals surface area contributed by atoms with E-state index in [4.69, 9.17) is 27.9 Å². The molecule has 0 radical (unpaired) electrons. The zero-order valence-corrected chi connectivity index (χ0v) is 11.8. The quantitative estimate of drug-likeness (QED) is 0.760. The standard InChI is InChI=1S/C13H19Cl2NO/c1-10(2)5-6-16-7-8-17-13-9-11(14)3-4-12(13)15/h3-4,9-10,16H,5-8H2,1-2H3. The summed E-state index contributed by atoms with van der Waals surface area (Å²) in [5, 5.41) is 4.55. The molecule has 17 heavy (non-hydrogen) atoms. The predicted molar refractivity (Wildman–Crippen MR) is 74.3 cm³/mol. The second-order valence-corrected chi connectivity index (χ2v) is 5.20. The highest BCUT2D eigenvalue weighted by Gasteiger charge is 2.02. The van der Waals surface area contributed by atoms with E-state index in [9.17, 15) is 0 Å². The van der Waals surface area contributed by atoms with E-state index >= 15 is 0 Å². The van der Waals surface area contributed by atoms with Gasteiger partial charge in [-0.05, 0) is 31.0 Å². The Kier molecular flexibility index (Phi) is 6.71. The second kappa shape index (κ2) is 7.80. The van der Waals surface area contributed by atoms with E-state index in [2.05, 4.69) is 19.2 Å². The maximum absolute atomic E-state index is 5.97. The molecule has 96 valence electrons. The highest BCUT2D eigenvalue weighted by Crippen LogP contribution is 2.27. The maximum Gasteiger partial charge on any atom is 0.139 e. The van der Waals surface area contributed by atoms with E-state index in [0.717, 1.165) is 19.0 Å². The number of ether oxygens (including phenoxy) is 1. The molecule has 0 amide bonds. The van der Waals surface area contributed by atoms with Crippen LogP contribution in [0.3, 0.4) is 0 Å². The van der Waals surface area contributed by atoms with Crippen LogP contribution in [0, 0.1) is 5.92 Å². The molecule has 1 aromatic rings. The molecule has 0 unspecified atom stereocenters. The van der Waals surface area contributed by atoms with Crippen molar-refractivity contribution in [3.05, 3.63) is 28.2 Å². The Balaban J connectivity index is 2.20. The fourth-order valence-corrected chi connectivity index (χ4v) is 1.67. The summed E-state index contributed by atoms with van der Waals surface area (Å²) in [5.41, 5.74) is 0. The highest BCUT2D eigenvalue weighted by atomic mass is 35.5. The lowest BCUT2D eigenvalue weighted by molar-refractivity contribution is 0.312. The van der Waals surface area contributed by atoms with Gasteiger partial charge < -0.3 is 10.1 Å². The SMILES string of the molecule is CC(C)CCNCCOc1cc(Cl)ccc1Cl. The minimum Gasteiger partial charge on any atom is -0.491 e. The molecule has 0 heterocycles. The van der Waals surface area contributed by atoms with Crippen molar-refractivity contribution in [2.75, 3.05) is 19.7 Å². The molecular weight excluding hydrogens is 257 g/mol. The molecular formula is C13H19Cl2NO. The smallest absolute Gasteiger partial charge is 0.139 e. The van der Waals surface area contributed by atoms with Crippen LogP contribution in [-0.2, 0) is 0 Å². The number of hydrogen-bond acceptors (Lipinski definition) is 2. The van der Waals surface area contributed by atoms with Gasteiger partial charge in [-0.1, -0.05) is 37.0 Å². The Labute approximate surface area is 113 Å². The average molecular weight is 276 g/mol. The molecule has 0 spiro atoms. The summed E-state index contributed by atoms with van der Waals surface area (Å²) in [5.74, 6) is 1.37. The van der Waals surface area contributed by atoms with Crippen molar-refractivity contribution in [2.24, 2.45) is 5.92 Å². The van der Waals surface area contributed by atoms with Gasteiger partial charge in [-0.3, -0.25) is 0 Å². The number of hydrogen-bond donors (Lipinski definition) is 1. The zero-order valence-electron chi connectivity index (χ0n) is 10.3. The van der Waals surface area contributed by atoms with Crippen LogP contribution in [0.5, 0.6) is 5.75 Å². The van der Waals surface area contributed by atoms with Crippen molar-refractivity contribution >= 4 is 23.2 Å². The maximum atomic E-state index is 5.97. The first kappa shape index (κ1) is 14.6. The largest absolute Gasteiger partial charge is 0.491 e. The Morgan fingerprint density at radius 3 is 2.71 bits per heavy atom.